The number of hydrogen-bond acceptors (Lipinski definition) is 6. The van der Waals surface area contributed by atoms with Gasteiger partial charge in [0.2, 0.25) is 11.1 Å². The van der Waals surface area contributed by atoms with Crippen LogP contribution < -0.4 is 5.32 Å². The first-order valence-electron chi connectivity index (χ1n) is 8.79. The van der Waals surface area contributed by atoms with Crippen LogP contribution in [0.15, 0.2) is 65.8 Å². The normalized spacial score (nSPS) is 12.1. The molecule has 2 aromatic carbocycles. The van der Waals surface area contributed by atoms with E-state index in [0.717, 1.165) is 28.0 Å². The third kappa shape index (κ3) is 3.72. The Balaban J connectivity index is 1.54. The number of anilines is 1. The summed E-state index contributed by atoms with van der Waals surface area (Å²) in [6, 6.07) is 19.2. The molecule has 7 nitrogen and oxygen atoms in total. The summed E-state index contributed by atoms with van der Waals surface area (Å²) in [4.78, 5) is 17.3. The average molecular weight is 390 g/mol. The van der Waals surface area contributed by atoms with Gasteiger partial charge in [0.25, 0.3) is 0 Å². The summed E-state index contributed by atoms with van der Waals surface area (Å²) in [6.07, 6.45) is 0. The van der Waals surface area contributed by atoms with Crippen LogP contribution in [0.4, 0.5) is 5.69 Å². The molecule has 0 bridgehead atoms. The molecule has 1 N–H and O–H groups in total. The first-order valence-corrected chi connectivity index (χ1v) is 9.67. The molecule has 2 aromatic heterocycles. The minimum Gasteiger partial charge on any atom is -0.324 e. The van der Waals surface area contributed by atoms with Crippen molar-refractivity contribution in [1.82, 2.24) is 25.2 Å². The van der Waals surface area contributed by atoms with Crippen molar-refractivity contribution in [2.24, 2.45) is 0 Å². The highest BCUT2D eigenvalue weighted by Crippen LogP contribution is 2.26. The Morgan fingerprint density at radius 3 is 2.68 bits per heavy atom. The Morgan fingerprint density at radius 2 is 1.86 bits per heavy atom. The number of pyridine rings is 1. The number of nitrogens with one attached hydrogen (secondary N) is 1. The van der Waals surface area contributed by atoms with Crippen molar-refractivity contribution in [3.8, 4) is 5.69 Å². The Morgan fingerprint density at radius 1 is 1.11 bits per heavy atom. The third-order valence-electron chi connectivity index (χ3n) is 4.20. The van der Waals surface area contributed by atoms with E-state index >= 15 is 0 Å². The molecule has 0 radical (unpaired) electrons. The zero-order valence-electron chi connectivity index (χ0n) is 15.4. The van der Waals surface area contributed by atoms with Gasteiger partial charge in [-0.05, 0) is 48.5 Å². The predicted molar refractivity (Wildman–Crippen MR) is 110 cm³/mol. The van der Waals surface area contributed by atoms with Crippen LogP contribution in [0.25, 0.3) is 16.6 Å². The second-order valence-electron chi connectivity index (χ2n) is 6.29. The van der Waals surface area contributed by atoms with Crippen LogP contribution >= 0.6 is 11.8 Å². The molecule has 1 unspecified atom stereocenters. The molecule has 0 spiro atoms. The summed E-state index contributed by atoms with van der Waals surface area (Å²) in [6.45, 7) is 3.74. The topological polar surface area (TPSA) is 85.6 Å². The highest BCUT2D eigenvalue weighted by Gasteiger charge is 2.20. The molecule has 0 aliphatic heterocycles. The van der Waals surface area contributed by atoms with E-state index in [9.17, 15) is 4.79 Å². The monoisotopic (exact) mass is 390 g/mol. The standard InChI is InChI=1S/C20H18N6OS/c1-13-12-18(16-10-6-7-11-17(16)21-13)22-19(27)14(2)28-20-23-24-25-26(20)15-8-4-3-5-9-15/h3-12,14H,1-2H3,(H,21,22,27). The second kappa shape index (κ2) is 7.77. The molecule has 4 rings (SSSR count). The molecule has 0 aliphatic carbocycles. The van der Waals surface area contributed by atoms with Crippen LogP contribution in [0.3, 0.4) is 0 Å². The number of para-hydroxylation sites is 2. The molecule has 0 saturated heterocycles. The van der Waals surface area contributed by atoms with Gasteiger partial charge in [-0.15, -0.1) is 5.10 Å². The molecule has 0 aliphatic rings. The predicted octanol–water partition coefficient (Wildman–Crippen LogP) is 3.64. The molecular formula is C20H18N6OS. The molecule has 8 heteroatoms. The lowest BCUT2D eigenvalue weighted by atomic mass is 10.1. The van der Waals surface area contributed by atoms with Gasteiger partial charge < -0.3 is 5.32 Å². The fraction of sp³-hybridized carbons (Fsp3) is 0.150. The number of nitrogens with zero attached hydrogens (tertiary/aromatic N) is 5. The number of fused-ring (bicyclic) bond motifs is 1. The van der Waals surface area contributed by atoms with Gasteiger partial charge >= 0.3 is 0 Å². The highest BCUT2D eigenvalue weighted by molar-refractivity contribution is 8.00. The number of hydrogen-bond donors (Lipinski definition) is 1. The van der Waals surface area contributed by atoms with Gasteiger partial charge in [0.05, 0.1) is 22.1 Å². The number of carbonyl (C=O) groups is 1. The number of tetrazole rings is 1. The van der Waals surface area contributed by atoms with Gasteiger partial charge in [0.1, 0.15) is 0 Å². The van der Waals surface area contributed by atoms with Gasteiger partial charge in [-0.3, -0.25) is 9.78 Å². The molecule has 1 atom stereocenters. The molecule has 0 fully saturated rings. The van der Waals surface area contributed by atoms with Crippen LogP contribution in [-0.4, -0.2) is 36.3 Å². The summed E-state index contributed by atoms with van der Waals surface area (Å²) in [5.74, 6) is -0.122. The van der Waals surface area contributed by atoms with Crippen molar-refractivity contribution in [2.75, 3.05) is 5.32 Å². The SMILES string of the molecule is Cc1cc(NC(=O)C(C)Sc2nnnn2-c2ccccc2)c2ccccc2n1. The Kier molecular flexibility index (Phi) is 5.03. The van der Waals surface area contributed by atoms with Crippen molar-refractivity contribution < 1.29 is 4.79 Å². The maximum atomic E-state index is 12.8. The number of rotatable bonds is 5. The fourth-order valence-corrected chi connectivity index (χ4v) is 3.65. The highest BCUT2D eigenvalue weighted by atomic mass is 32.2. The van der Waals surface area contributed by atoms with E-state index in [2.05, 4.69) is 25.8 Å². The van der Waals surface area contributed by atoms with E-state index in [0.29, 0.717) is 5.16 Å². The molecule has 1 amide bonds. The van der Waals surface area contributed by atoms with Gasteiger partial charge in [0, 0.05) is 11.1 Å². The minimum absolute atomic E-state index is 0.122. The Labute approximate surface area is 166 Å². The zero-order valence-corrected chi connectivity index (χ0v) is 16.2. The van der Waals surface area contributed by atoms with E-state index in [1.54, 1.807) is 4.68 Å². The van der Waals surface area contributed by atoms with Crippen LogP contribution in [0.5, 0.6) is 0 Å². The summed E-state index contributed by atoms with van der Waals surface area (Å²) in [7, 11) is 0. The van der Waals surface area contributed by atoms with Gasteiger partial charge in [-0.25, -0.2) is 0 Å². The number of aryl methyl sites for hydroxylation is 1. The largest absolute Gasteiger partial charge is 0.324 e. The third-order valence-corrected chi connectivity index (χ3v) is 5.23. The van der Waals surface area contributed by atoms with Crippen molar-refractivity contribution in [2.45, 2.75) is 24.3 Å². The number of thioether (sulfide) groups is 1. The molecule has 0 saturated carbocycles. The summed E-state index contributed by atoms with van der Waals surface area (Å²) >= 11 is 1.31. The number of benzene rings is 2. The van der Waals surface area contributed by atoms with Crippen molar-refractivity contribution >= 4 is 34.3 Å². The lowest BCUT2D eigenvalue weighted by molar-refractivity contribution is -0.115. The van der Waals surface area contributed by atoms with Gasteiger partial charge in [-0.2, -0.15) is 4.68 Å². The summed E-state index contributed by atoms with van der Waals surface area (Å²) in [5, 5.41) is 15.9. The average Bonchev–Trinajstić information content (AvgIpc) is 3.16. The van der Waals surface area contributed by atoms with Crippen molar-refractivity contribution in [1.29, 1.82) is 0 Å². The molecule has 4 aromatic rings. The molecule has 140 valence electrons. The quantitative estimate of drug-likeness (QED) is 0.524. The maximum Gasteiger partial charge on any atom is 0.237 e. The fourth-order valence-electron chi connectivity index (χ4n) is 2.84. The summed E-state index contributed by atoms with van der Waals surface area (Å²) < 4.78 is 1.63. The van der Waals surface area contributed by atoms with E-state index in [1.807, 2.05) is 74.5 Å². The molecule has 28 heavy (non-hydrogen) atoms. The minimum atomic E-state index is -0.388. The smallest absolute Gasteiger partial charge is 0.237 e. The second-order valence-corrected chi connectivity index (χ2v) is 7.59. The van der Waals surface area contributed by atoms with Crippen LogP contribution in [-0.2, 0) is 4.79 Å². The van der Waals surface area contributed by atoms with Gasteiger partial charge in [0.15, 0.2) is 0 Å². The summed E-state index contributed by atoms with van der Waals surface area (Å²) in [5.41, 5.74) is 3.30. The van der Waals surface area contributed by atoms with E-state index < -0.39 is 0 Å². The van der Waals surface area contributed by atoms with Crippen molar-refractivity contribution in [3.63, 3.8) is 0 Å². The van der Waals surface area contributed by atoms with E-state index in [-0.39, 0.29) is 11.2 Å². The van der Waals surface area contributed by atoms with Crippen LogP contribution in [0.1, 0.15) is 12.6 Å². The number of amides is 1. The first-order chi connectivity index (χ1) is 13.6. The number of aromatic nitrogens is 5. The molecular weight excluding hydrogens is 372 g/mol. The van der Waals surface area contributed by atoms with E-state index in [1.165, 1.54) is 11.8 Å². The Bertz CT molecular complexity index is 1130. The van der Waals surface area contributed by atoms with Crippen molar-refractivity contribution in [3.05, 3.63) is 66.4 Å². The van der Waals surface area contributed by atoms with Crippen LogP contribution in [0.2, 0.25) is 0 Å². The van der Waals surface area contributed by atoms with E-state index in [4.69, 9.17) is 0 Å². The lowest BCUT2D eigenvalue weighted by Crippen LogP contribution is -2.23. The first kappa shape index (κ1) is 18.1. The zero-order chi connectivity index (χ0) is 19.5. The maximum absolute atomic E-state index is 12.8. The number of carbonyl (C=O) groups excluding carboxylic acids is 1. The molecule has 2 heterocycles. The Hall–Kier alpha value is -3.26. The lowest BCUT2D eigenvalue weighted by Gasteiger charge is -2.14. The van der Waals surface area contributed by atoms with Gasteiger partial charge in [-0.1, -0.05) is 48.2 Å². The van der Waals surface area contributed by atoms with Crippen LogP contribution in [0, 0.1) is 6.92 Å².